The minimum Gasteiger partial charge on any atom is -0.392 e. The topological polar surface area (TPSA) is 131 Å². The van der Waals surface area contributed by atoms with Gasteiger partial charge in [0.05, 0.1) is 46.9 Å². The number of piperazine rings is 1. The predicted molar refractivity (Wildman–Crippen MR) is 180 cm³/mol. The zero-order valence-electron chi connectivity index (χ0n) is 26.9. The van der Waals surface area contributed by atoms with Crippen molar-refractivity contribution in [1.29, 1.82) is 5.26 Å². The van der Waals surface area contributed by atoms with Crippen LogP contribution in [0, 0.1) is 28.9 Å². The summed E-state index contributed by atoms with van der Waals surface area (Å²) in [5, 5.41) is 21.2. The van der Waals surface area contributed by atoms with Gasteiger partial charge in [0.15, 0.2) is 11.6 Å². The van der Waals surface area contributed by atoms with Crippen LogP contribution in [0.15, 0.2) is 6.20 Å². The van der Waals surface area contributed by atoms with Crippen LogP contribution in [0.5, 0.6) is 0 Å². The monoisotopic (exact) mass is 673 g/mol. The third-order valence-electron chi connectivity index (χ3n) is 11.2. The molecule has 0 amide bonds. The van der Waals surface area contributed by atoms with E-state index < -0.39 is 17.7 Å². The van der Waals surface area contributed by atoms with Crippen molar-refractivity contribution in [3.8, 4) is 17.3 Å². The normalized spacial score (nSPS) is 26.2. The molecule has 2 unspecified atom stereocenters. The maximum absolute atomic E-state index is 17.5. The first-order valence-corrected chi connectivity index (χ1v) is 17.6. The lowest BCUT2D eigenvalue weighted by molar-refractivity contribution is 0.111. The van der Waals surface area contributed by atoms with Gasteiger partial charge in [-0.2, -0.15) is 10.2 Å². The number of nitriles is 1. The molecule has 48 heavy (non-hydrogen) atoms. The number of hydrogen-bond donors (Lipinski definition) is 2. The summed E-state index contributed by atoms with van der Waals surface area (Å²) in [6, 6.07) is 2.80. The summed E-state index contributed by atoms with van der Waals surface area (Å²) < 4.78 is 38.8. The number of likely N-dealkylation sites (tertiary alicyclic amines) is 2. The number of nitrogens with zero attached hydrogens (tertiary/aromatic N) is 8. The van der Waals surface area contributed by atoms with Gasteiger partial charge in [0, 0.05) is 61.8 Å². The van der Waals surface area contributed by atoms with Gasteiger partial charge in [-0.3, -0.25) is 9.88 Å². The Labute approximate surface area is 280 Å². The van der Waals surface area contributed by atoms with E-state index in [1.54, 1.807) is 0 Å². The fraction of sp³-hybridized carbons (Fsp3) is 0.529. The SMILES string of the molecule is C[C@@H](O)CN1CC2CCC(C1)N2c1nc(N2C[C@H]3CCN(C)[C@H]3C2)nc2c(F)c(-c3ncc(F)c4sc(N)c(C#N)c34)c3c(c12)COC3. The standard InChI is InChI=1S/C34H37F2N9O2S/c1-16(46)9-43-11-18-3-4-19(12-43)45(18)33-27-22-15-47-14-21(22)25(29-26-20(7-37)32(38)48-31(26)23(35)8-39-29)28(36)30(27)40-34(41-33)44-10-17-5-6-42(2)24(17)13-44/h8,16-19,24,46H,3-6,9-15,38H2,1-2H3/t16-,17-,18?,19?,24+/m1/s1. The molecule has 4 saturated heterocycles. The highest BCUT2D eigenvalue weighted by atomic mass is 32.1. The Morgan fingerprint density at radius 1 is 1.10 bits per heavy atom. The number of aliphatic hydroxyl groups is 1. The summed E-state index contributed by atoms with van der Waals surface area (Å²) >= 11 is 0.965. The second-order valence-electron chi connectivity index (χ2n) is 14.2. The highest BCUT2D eigenvalue weighted by Crippen LogP contribution is 2.48. The van der Waals surface area contributed by atoms with Crippen LogP contribution in [-0.2, 0) is 18.0 Å². The first-order valence-electron chi connectivity index (χ1n) is 16.7. The molecule has 0 aliphatic carbocycles. The number of hydrogen-bond acceptors (Lipinski definition) is 12. The number of fused-ring (bicyclic) bond motifs is 7. The lowest BCUT2D eigenvalue weighted by Crippen LogP contribution is -2.55. The Morgan fingerprint density at radius 3 is 2.60 bits per heavy atom. The van der Waals surface area contributed by atoms with Gasteiger partial charge in [0.25, 0.3) is 0 Å². The van der Waals surface area contributed by atoms with Gasteiger partial charge in [-0.05, 0) is 56.8 Å². The van der Waals surface area contributed by atoms with Gasteiger partial charge in [-0.25, -0.2) is 13.8 Å². The van der Waals surface area contributed by atoms with E-state index in [4.69, 9.17) is 20.4 Å². The molecule has 3 N–H and O–H groups in total. The smallest absolute Gasteiger partial charge is 0.228 e. The number of ether oxygens (including phenoxy) is 1. The Bertz CT molecular complexity index is 2020. The van der Waals surface area contributed by atoms with E-state index in [2.05, 4.69) is 37.7 Å². The molecule has 0 spiro atoms. The number of β-amino-alcohol motifs (C(OH)–C–C–N with tert-alkyl or cyclic N) is 1. The van der Waals surface area contributed by atoms with Crippen molar-refractivity contribution >= 4 is 49.1 Å². The molecule has 9 rings (SSSR count). The second kappa shape index (κ2) is 11.1. The fourth-order valence-electron chi connectivity index (χ4n) is 9.16. The molecule has 3 aromatic heterocycles. The molecule has 5 atom stereocenters. The number of likely N-dealkylation sites (N-methyl/N-ethyl adjacent to an activating group) is 1. The van der Waals surface area contributed by atoms with E-state index >= 15 is 8.78 Å². The summed E-state index contributed by atoms with van der Waals surface area (Å²) in [4.78, 5) is 24.0. The maximum atomic E-state index is 17.5. The molecule has 2 bridgehead atoms. The third-order valence-corrected chi connectivity index (χ3v) is 12.3. The summed E-state index contributed by atoms with van der Waals surface area (Å²) in [7, 11) is 2.16. The van der Waals surface area contributed by atoms with Gasteiger partial charge in [-0.15, -0.1) is 11.3 Å². The lowest BCUT2D eigenvalue weighted by Gasteiger charge is -2.43. The molecule has 4 fully saturated rings. The number of benzene rings is 1. The van der Waals surface area contributed by atoms with E-state index in [0.29, 0.717) is 35.4 Å². The molecule has 5 aliphatic rings. The number of nitrogen functional groups attached to an aromatic ring is 1. The summed E-state index contributed by atoms with van der Waals surface area (Å²) in [6.07, 6.45) is 3.71. The minimum atomic E-state index is -0.609. The van der Waals surface area contributed by atoms with Gasteiger partial charge < -0.3 is 30.3 Å². The molecule has 250 valence electrons. The number of rotatable bonds is 5. The quantitative estimate of drug-likeness (QED) is 0.321. The number of thiophene rings is 1. The van der Waals surface area contributed by atoms with Crippen LogP contribution in [0.3, 0.4) is 0 Å². The largest absolute Gasteiger partial charge is 0.392 e. The molecule has 4 aromatic rings. The van der Waals surface area contributed by atoms with E-state index in [-0.39, 0.29) is 62.7 Å². The van der Waals surface area contributed by atoms with Gasteiger partial charge in [0.1, 0.15) is 22.4 Å². The van der Waals surface area contributed by atoms with Gasteiger partial charge in [0.2, 0.25) is 5.95 Å². The van der Waals surface area contributed by atoms with E-state index in [0.717, 1.165) is 80.9 Å². The van der Waals surface area contributed by atoms with Crippen LogP contribution in [0.25, 0.3) is 32.2 Å². The van der Waals surface area contributed by atoms with Crippen molar-refractivity contribution < 1.29 is 18.6 Å². The van der Waals surface area contributed by atoms with Crippen LogP contribution in [0.1, 0.15) is 42.9 Å². The Hall–Kier alpha value is -3.74. The van der Waals surface area contributed by atoms with Crippen LogP contribution in [0.2, 0.25) is 0 Å². The Morgan fingerprint density at radius 2 is 1.88 bits per heavy atom. The molecule has 8 heterocycles. The molecule has 0 saturated carbocycles. The average molecular weight is 674 g/mol. The number of anilines is 3. The van der Waals surface area contributed by atoms with E-state index in [1.807, 2.05) is 6.92 Å². The van der Waals surface area contributed by atoms with Crippen molar-refractivity contribution in [2.24, 2.45) is 5.92 Å². The average Bonchev–Trinajstić information content (AvgIpc) is 3.87. The highest BCUT2D eigenvalue weighted by Gasteiger charge is 2.45. The zero-order chi connectivity index (χ0) is 33.0. The number of nitrogens with two attached hydrogens (primary N) is 1. The van der Waals surface area contributed by atoms with Gasteiger partial charge >= 0.3 is 0 Å². The number of halogens is 2. The van der Waals surface area contributed by atoms with Crippen molar-refractivity contribution in [3.05, 3.63) is 34.5 Å². The molecule has 14 heteroatoms. The third kappa shape index (κ3) is 4.44. The Kier molecular flexibility index (Phi) is 7.04. The molecule has 1 aromatic carbocycles. The summed E-state index contributed by atoms with van der Waals surface area (Å²) in [5.41, 5.74) is 8.19. The zero-order valence-corrected chi connectivity index (χ0v) is 27.7. The van der Waals surface area contributed by atoms with Gasteiger partial charge in [-0.1, -0.05) is 0 Å². The van der Waals surface area contributed by atoms with Crippen LogP contribution < -0.4 is 15.5 Å². The second-order valence-corrected chi connectivity index (χ2v) is 15.2. The number of aromatic nitrogens is 3. The molecule has 5 aliphatic heterocycles. The first kappa shape index (κ1) is 30.3. The van der Waals surface area contributed by atoms with Crippen molar-refractivity contribution in [2.75, 3.05) is 61.8 Å². The molecule has 11 nitrogen and oxygen atoms in total. The predicted octanol–water partition coefficient (Wildman–Crippen LogP) is 3.84. The van der Waals surface area contributed by atoms with Crippen LogP contribution in [0.4, 0.5) is 25.5 Å². The number of aliphatic hydroxyl groups excluding tert-OH is 1. The van der Waals surface area contributed by atoms with Crippen LogP contribution in [-0.4, -0.2) is 100 Å². The molecular formula is C34H37F2N9O2S. The van der Waals surface area contributed by atoms with E-state index in [1.165, 1.54) is 0 Å². The lowest BCUT2D eigenvalue weighted by atomic mass is 9.93. The summed E-state index contributed by atoms with van der Waals surface area (Å²) in [6.45, 7) is 7.01. The van der Waals surface area contributed by atoms with E-state index in [9.17, 15) is 10.4 Å². The fourth-order valence-corrected chi connectivity index (χ4v) is 10.1. The summed E-state index contributed by atoms with van der Waals surface area (Å²) in [5.74, 6) is 0.542. The molecular weight excluding hydrogens is 636 g/mol. The van der Waals surface area contributed by atoms with Crippen molar-refractivity contribution in [3.63, 3.8) is 0 Å². The highest BCUT2D eigenvalue weighted by molar-refractivity contribution is 7.23. The van der Waals surface area contributed by atoms with Crippen LogP contribution >= 0.6 is 11.3 Å². The minimum absolute atomic E-state index is 0.0904. The van der Waals surface area contributed by atoms with Crippen molar-refractivity contribution in [2.45, 2.75) is 63.6 Å². The Balaban J connectivity index is 1.28. The molecule has 0 radical (unpaired) electrons. The first-order chi connectivity index (χ1) is 23.2. The maximum Gasteiger partial charge on any atom is 0.228 e. The van der Waals surface area contributed by atoms with Crippen molar-refractivity contribution in [1.82, 2.24) is 24.8 Å². The number of pyridine rings is 1.